The summed E-state index contributed by atoms with van der Waals surface area (Å²) in [6.07, 6.45) is -3.06. The Morgan fingerprint density at radius 1 is 1.12 bits per heavy atom. The number of benzene rings is 2. The maximum absolute atomic E-state index is 12.8. The molecule has 0 unspecified atom stereocenters. The minimum absolute atomic E-state index is 0.00304. The summed E-state index contributed by atoms with van der Waals surface area (Å²) in [5.74, 6) is 0.817. The quantitative estimate of drug-likeness (QED) is 0.617. The number of halogens is 4. The molecule has 1 aromatic heterocycles. The van der Waals surface area contributed by atoms with Gasteiger partial charge in [0.2, 0.25) is 5.95 Å². The Hall–Kier alpha value is -2.54. The first-order chi connectivity index (χ1) is 12.2. The number of nitrogens with zero attached hydrogens (tertiary/aromatic N) is 2. The van der Waals surface area contributed by atoms with Gasteiger partial charge in [0.15, 0.2) is 0 Å². The van der Waals surface area contributed by atoms with Gasteiger partial charge in [-0.3, -0.25) is 0 Å². The van der Waals surface area contributed by atoms with Crippen molar-refractivity contribution in [3.8, 4) is 5.75 Å². The maximum atomic E-state index is 12.8. The fourth-order valence-corrected chi connectivity index (χ4v) is 2.55. The van der Waals surface area contributed by atoms with Crippen LogP contribution in [0.15, 0.2) is 42.6 Å². The molecule has 0 aliphatic rings. The summed E-state index contributed by atoms with van der Waals surface area (Å²) < 4.78 is 43.8. The van der Waals surface area contributed by atoms with E-state index >= 15 is 0 Å². The molecule has 0 atom stereocenters. The number of alkyl halides is 3. The van der Waals surface area contributed by atoms with Gasteiger partial charge in [0.05, 0.1) is 22.2 Å². The second-order valence-corrected chi connectivity index (χ2v) is 6.31. The second kappa shape index (κ2) is 6.99. The van der Waals surface area contributed by atoms with Crippen molar-refractivity contribution >= 4 is 34.1 Å². The third-order valence-corrected chi connectivity index (χ3v) is 3.75. The highest BCUT2D eigenvalue weighted by Crippen LogP contribution is 2.32. The lowest BCUT2D eigenvalue weighted by molar-refractivity contribution is -0.137. The molecule has 136 valence electrons. The van der Waals surface area contributed by atoms with Crippen LogP contribution in [0, 0.1) is 0 Å². The summed E-state index contributed by atoms with van der Waals surface area (Å²) in [6, 6.07) is 8.48. The van der Waals surface area contributed by atoms with Crippen molar-refractivity contribution in [1.82, 2.24) is 9.97 Å². The summed E-state index contributed by atoms with van der Waals surface area (Å²) in [5.41, 5.74) is 0.306. The number of hydrogen-bond donors (Lipinski definition) is 1. The Balaban J connectivity index is 1.84. The van der Waals surface area contributed by atoms with E-state index in [1.807, 2.05) is 13.8 Å². The predicted molar refractivity (Wildman–Crippen MR) is 95.0 cm³/mol. The minimum atomic E-state index is -4.40. The van der Waals surface area contributed by atoms with Crippen LogP contribution in [0.25, 0.3) is 10.9 Å². The van der Waals surface area contributed by atoms with E-state index in [-0.39, 0.29) is 12.1 Å². The zero-order valence-electron chi connectivity index (χ0n) is 13.9. The number of aromatic nitrogens is 2. The van der Waals surface area contributed by atoms with Gasteiger partial charge in [0.1, 0.15) is 5.75 Å². The van der Waals surface area contributed by atoms with Crippen LogP contribution >= 0.6 is 11.6 Å². The Morgan fingerprint density at radius 2 is 1.88 bits per heavy atom. The van der Waals surface area contributed by atoms with Crippen molar-refractivity contribution in [3.63, 3.8) is 0 Å². The van der Waals surface area contributed by atoms with E-state index in [4.69, 9.17) is 16.3 Å². The van der Waals surface area contributed by atoms with Gasteiger partial charge in [-0.25, -0.2) is 9.97 Å². The van der Waals surface area contributed by atoms with E-state index in [1.54, 1.807) is 18.2 Å². The lowest BCUT2D eigenvalue weighted by Crippen LogP contribution is -2.06. The fourth-order valence-electron chi connectivity index (χ4n) is 2.33. The van der Waals surface area contributed by atoms with Crippen LogP contribution in [0.2, 0.25) is 5.02 Å². The molecule has 0 aliphatic heterocycles. The van der Waals surface area contributed by atoms with Crippen LogP contribution < -0.4 is 10.1 Å². The molecule has 3 aromatic rings. The molecule has 3 rings (SSSR count). The highest BCUT2D eigenvalue weighted by Gasteiger charge is 2.30. The lowest BCUT2D eigenvalue weighted by atomic mass is 10.1. The van der Waals surface area contributed by atoms with E-state index in [9.17, 15) is 13.2 Å². The smallest absolute Gasteiger partial charge is 0.416 e. The average Bonchev–Trinajstić information content (AvgIpc) is 2.55. The first kappa shape index (κ1) is 18.3. The normalized spacial score (nSPS) is 11.8. The molecule has 0 saturated heterocycles. The molecule has 1 N–H and O–H groups in total. The first-order valence-corrected chi connectivity index (χ1v) is 8.17. The van der Waals surface area contributed by atoms with Gasteiger partial charge in [0.25, 0.3) is 0 Å². The van der Waals surface area contributed by atoms with Crippen molar-refractivity contribution in [2.75, 3.05) is 5.32 Å². The topological polar surface area (TPSA) is 47.0 Å². The predicted octanol–water partition coefficient (Wildman–Crippen LogP) is 5.83. The van der Waals surface area contributed by atoms with Gasteiger partial charge in [0, 0.05) is 17.3 Å². The number of nitrogens with one attached hydrogen (secondary N) is 1. The summed E-state index contributed by atoms with van der Waals surface area (Å²) in [7, 11) is 0. The molecule has 4 nitrogen and oxygen atoms in total. The standard InChI is InChI=1S/C18H15ClF3N3O/c1-10(2)26-16-6-4-13(8-14(16)19)24-17-23-9-11-7-12(18(20,21)22)3-5-15(11)25-17/h3-10H,1-2H3,(H,23,24,25). The second-order valence-electron chi connectivity index (χ2n) is 5.90. The number of hydrogen-bond acceptors (Lipinski definition) is 4. The molecular formula is C18H15ClF3N3O. The molecule has 0 bridgehead atoms. The summed E-state index contributed by atoms with van der Waals surface area (Å²) in [6.45, 7) is 3.80. The summed E-state index contributed by atoms with van der Waals surface area (Å²) >= 11 is 6.18. The first-order valence-electron chi connectivity index (χ1n) is 7.79. The molecule has 8 heteroatoms. The minimum Gasteiger partial charge on any atom is -0.489 e. The molecule has 0 radical (unpaired) electrons. The summed E-state index contributed by atoms with van der Waals surface area (Å²) in [5, 5.41) is 3.72. The van der Waals surface area contributed by atoms with Gasteiger partial charge in [-0.15, -0.1) is 0 Å². The highest BCUT2D eigenvalue weighted by molar-refractivity contribution is 6.32. The monoisotopic (exact) mass is 381 g/mol. The summed E-state index contributed by atoms with van der Waals surface area (Å²) in [4.78, 5) is 8.29. The number of fused-ring (bicyclic) bond motifs is 1. The number of rotatable bonds is 4. The Bertz CT molecular complexity index is 945. The van der Waals surface area contributed by atoms with E-state index in [0.717, 1.165) is 12.1 Å². The molecule has 0 aliphatic carbocycles. The van der Waals surface area contributed by atoms with Crippen molar-refractivity contribution in [2.45, 2.75) is 26.1 Å². The van der Waals surface area contributed by atoms with Crippen molar-refractivity contribution in [3.05, 3.63) is 53.2 Å². The Labute approximate surface area is 153 Å². The van der Waals surface area contributed by atoms with Gasteiger partial charge < -0.3 is 10.1 Å². The third-order valence-electron chi connectivity index (χ3n) is 3.46. The SMILES string of the molecule is CC(C)Oc1ccc(Nc2ncc3cc(C(F)(F)F)ccc3n2)cc1Cl. The number of anilines is 2. The van der Waals surface area contributed by atoms with Crippen LogP contribution in [0.4, 0.5) is 24.8 Å². The molecule has 1 heterocycles. The van der Waals surface area contributed by atoms with Crippen LogP contribution in [-0.2, 0) is 6.18 Å². The van der Waals surface area contributed by atoms with Crippen LogP contribution in [-0.4, -0.2) is 16.1 Å². The van der Waals surface area contributed by atoms with Gasteiger partial charge >= 0.3 is 6.18 Å². The largest absolute Gasteiger partial charge is 0.489 e. The fraction of sp³-hybridized carbons (Fsp3) is 0.222. The molecular weight excluding hydrogens is 367 g/mol. The van der Waals surface area contributed by atoms with E-state index in [0.29, 0.717) is 27.4 Å². The molecule has 0 saturated carbocycles. The molecule has 26 heavy (non-hydrogen) atoms. The highest BCUT2D eigenvalue weighted by atomic mass is 35.5. The Kier molecular flexibility index (Phi) is 4.91. The Morgan fingerprint density at radius 3 is 2.54 bits per heavy atom. The van der Waals surface area contributed by atoms with Crippen molar-refractivity contribution in [1.29, 1.82) is 0 Å². The number of ether oxygens (including phenoxy) is 1. The van der Waals surface area contributed by atoms with Crippen LogP contribution in [0.5, 0.6) is 5.75 Å². The van der Waals surface area contributed by atoms with E-state index in [1.165, 1.54) is 12.3 Å². The van der Waals surface area contributed by atoms with Gasteiger partial charge in [-0.1, -0.05) is 11.6 Å². The van der Waals surface area contributed by atoms with Crippen LogP contribution in [0.1, 0.15) is 19.4 Å². The van der Waals surface area contributed by atoms with Gasteiger partial charge in [-0.2, -0.15) is 13.2 Å². The van der Waals surface area contributed by atoms with E-state index < -0.39 is 11.7 Å². The molecule has 0 fully saturated rings. The molecule has 0 amide bonds. The molecule has 0 spiro atoms. The zero-order valence-corrected chi connectivity index (χ0v) is 14.7. The van der Waals surface area contributed by atoms with Crippen molar-refractivity contribution in [2.24, 2.45) is 0 Å². The van der Waals surface area contributed by atoms with Crippen LogP contribution in [0.3, 0.4) is 0 Å². The van der Waals surface area contributed by atoms with Gasteiger partial charge in [-0.05, 0) is 50.2 Å². The molecule has 2 aromatic carbocycles. The van der Waals surface area contributed by atoms with Crippen molar-refractivity contribution < 1.29 is 17.9 Å². The zero-order chi connectivity index (χ0) is 18.9. The lowest BCUT2D eigenvalue weighted by Gasteiger charge is -2.13. The third kappa shape index (κ3) is 4.16. The van der Waals surface area contributed by atoms with E-state index in [2.05, 4.69) is 15.3 Å². The average molecular weight is 382 g/mol. The maximum Gasteiger partial charge on any atom is 0.416 e.